The van der Waals surface area contributed by atoms with E-state index in [-0.39, 0.29) is 23.6 Å². The number of hydrogen-bond acceptors (Lipinski definition) is 3. The van der Waals surface area contributed by atoms with E-state index >= 15 is 0 Å². The van der Waals surface area contributed by atoms with Crippen molar-refractivity contribution in [2.75, 3.05) is 26.2 Å². The smallest absolute Gasteiger partial charge is 0.313 e. The van der Waals surface area contributed by atoms with Gasteiger partial charge < -0.3 is 10.0 Å². The van der Waals surface area contributed by atoms with Gasteiger partial charge in [0.05, 0.1) is 0 Å². The van der Waals surface area contributed by atoms with Crippen LogP contribution in [0.4, 0.5) is 4.39 Å². The zero-order valence-electron chi connectivity index (χ0n) is 15.1. The predicted molar refractivity (Wildman–Crippen MR) is 93.9 cm³/mol. The Bertz CT molecular complexity index is 749. The minimum Gasteiger partial charge on any atom is -0.481 e. The second kappa shape index (κ2) is 6.34. The number of aliphatic carboxylic acids is 1. The first-order chi connectivity index (χ1) is 12.4. The van der Waals surface area contributed by atoms with Crippen LogP contribution in [-0.2, 0) is 16.1 Å². The lowest BCUT2D eigenvalue weighted by atomic mass is 9.81. The van der Waals surface area contributed by atoms with Gasteiger partial charge in [0.15, 0.2) is 0 Å². The number of rotatable bonds is 4. The maximum atomic E-state index is 13.6. The first-order valence-electron chi connectivity index (χ1n) is 9.38. The molecule has 1 aliphatic carbocycles. The van der Waals surface area contributed by atoms with Crippen molar-refractivity contribution in [3.05, 3.63) is 35.1 Å². The van der Waals surface area contributed by atoms with Crippen LogP contribution in [0.15, 0.2) is 18.2 Å². The molecule has 1 aromatic rings. The zero-order chi connectivity index (χ0) is 18.5. The molecule has 2 heterocycles. The van der Waals surface area contributed by atoms with E-state index in [4.69, 9.17) is 0 Å². The third-order valence-corrected chi connectivity index (χ3v) is 6.58. The number of aryl methyl sites for hydroxylation is 1. The molecule has 0 spiro atoms. The molecule has 3 fully saturated rings. The number of carboxylic acids is 1. The normalized spacial score (nSPS) is 28.8. The Morgan fingerprint density at radius 1 is 1.27 bits per heavy atom. The monoisotopic (exact) mass is 360 g/mol. The van der Waals surface area contributed by atoms with Crippen LogP contribution in [0.1, 0.15) is 30.4 Å². The van der Waals surface area contributed by atoms with Crippen molar-refractivity contribution in [3.63, 3.8) is 0 Å². The number of nitrogens with zero attached hydrogens (tertiary/aromatic N) is 2. The molecular formula is C20H25FN2O3. The van der Waals surface area contributed by atoms with Crippen molar-refractivity contribution in [1.82, 2.24) is 9.80 Å². The third kappa shape index (κ3) is 2.80. The average Bonchev–Trinajstić information content (AvgIpc) is 3.04. The Balaban J connectivity index is 1.49. The van der Waals surface area contributed by atoms with Gasteiger partial charge in [-0.1, -0.05) is 12.5 Å². The first-order valence-corrected chi connectivity index (χ1v) is 9.38. The molecule has 1 aromatic carbocycles. The van der Waals surface area contributed by atoms with E-state index in [2.05, 4.69) is 4.90 Å². The van der Waals surface area contributed by atoms with Gasteiger partial charge in [-0.2, -0.15) is 0 Å². The maximum Gasteiger partial charge on any atom is 0.313 e. The summed E-state index contributed by atoms with van der Waals surface area (Å²) in [6.45, 7) is 4.37. The summed E-state index contributed by atoms with van der Waals surface area (Å²) in [5.74, 6) is -0.900. The van der Waals surface area contributed by atoms with E-state index in [0.29, 0.717) is 32.7 Å². The molecular weight excluding hydrogens is 335 g/mol. The molecule has 1 saturated carbocycles. The highest BCUT2D eigenvalue weighted by Gasteiger charge is 2.58. The van der Waals surface area contributed by atoms with Crippen LogP contribution in [0.2, 0.25) is 0 Å². The van der Waals surface area contributed by atoms with Crippen molar-refractivity contribution in [1.29, 1.82) is 0 Å². The molecule has 0 radical (unpaired) electrons. The molecule has 6 heteroatoms. The minimum atomic E-state index is -0.888. The van der Waals surface area contributed by atoms with Gasteiger partial charge in [-0.15, -0.1) is 0 Å². The predicted octanol–water partition coefficient (Wildman–Crippen LogP) is 2.28. The van der Waals surface area contributed by atoms with Crippen molar-refractivity contribution >= 4 is 11.9 Å². The standard InChI is InChI=1S/C20H25FN2O3/c1-13-5-6-17(21)7-15(13)8-22-9-16-10-23(18(24)14-3-2-4-14)12-20(16,11-22)19(25)26/h5-7,14,16H,2-4,8-12H2,1H3,(H,25,26)/t16-,20-/m0/s1. The van der Waals surface area contributed by atoms with Gasteiger partial charge in [-0.05, 0) is 43.0 Å². The highest BCUT2D eigenvalue weighted by atomic mass is 19.1. The summed E-state index contributed by atoms with van der Waals surface area (Å²) in [5.41, 5.74) is 1.02. The quantitative estimate of drug-likeness (QED) is 0.895. The van der Waals surface area contributed by atoms with E-state index in [1.54, 1.807) is 11.0 Å². The number of likely N-dealkylation sites (tertiary alicyclic amines) is 2. The molecule has 0 unspecified atom stereocenters. The van der Waals surface area contributed by atoms with Gasteiger partial charge in [0, 0.05) is 44.6 Å². The number of fused-ring (bicyclic) bond motifs is 1. The number of carboxylic acid groups (broad SMARTS) is 1. The summed E-state index contributed by atoms with van der Waals surface area (Å²) in [7, 11) is 0. The molecule has 2 atom stereocenters. The summed E-state index contributed by atoms with van der Waals surface area (Å²) in [4.78, 5) is 28.6. The number of carbonyl (C=O) groups excluding carboxylic acids is 1. The average molecular weight is 360 g/mol. The fourth-order valence-corrected chi connectivity index (χ4v) is 4.72. The van der Waals surface area contributed by atoms with Crippen molar-refractivity contribution in [2.24, 2.45) is 17.3 Å². The Morgan fingerprint density at radius 2 is 2.04 bits per heavy atom. The Morgan fingerprint density at radius 3 is 2.65 bits per heavy atom. The molecule has 5 nitrogen and oxygen atoms in total. The fraction of sp³-hybridized carbons (Fsp3) is 0.600. The van der Waals surface area contributed by atoms with Gasteiger partial charge in [-0.25, -0.2) is 4.39 Å². The van der Waals surface area contributed by atoms with E-state index in [1.165, 1.54) is 12.1 Å². The van der Waals surface area contributed by atoms with Crippen LogP contribution in [0.3, 0.4) is 0 Å². The fourth-order valence-electron chi connectivity index (χ4n) is 4.72. The Kier molecular flexibility index (Phi) is 4.26. The zero-order valence-corrected chi connectivity index (χ0v) is 15.1. The van der Waals surface area contributed by atoms with Crippen molar-refractivity contribution in [2.45, 2.75) is 32.7 Å². The summed E-state index contributed by atoms with van der Waals surface area (Å²) in [5, 5.41) is 9.94. The number of carbonyl (C=O) groups is 2. The van der Waals surface area contributed by atoms with Gasteiger partial charge in [0.2, 0.25) is 5.91 Å². The van der Waals surface area contributed by atoms with Gasteiger partial charge in [0.1, 0.15) is 11.2 Å². The van der Waals surface area contributed by atoms with Crippen LogP contribution in [0, 0.1) is 30.0 Å². The minimum absolute atomic E-state index is 0.0575. The van der Waals surface area contributed by atoms with Gasteiger partial charge in [0.25, 0.3) is 0 Å². The summed E-state index contributed by atoms with van der Waals surface area (Å²) in [6, 6.07) is 4.73. The van der Waals surface area contributed by atoms with E-state index in [1.807, 2.05) is 6.92 Å². The van der Waals surface area contributed by atoms with Crippen LogP contribution in [0.25, 0.3) is 0 Å². The number of amides is 1. The summed E-state index contributed by atoms with van der Waals surface area (Å²) in [6.07, 6.45) is 2.97. The molecule has 2 aliphatic heterocycles. The van der Waals surface area contributed by atoms with Crippen LogP contribution >= 0.6 is 0 Å². The van der Waals surface area contributed by atoms with Gasteiger partial charge in [-0.3, -0.25) is 14.5 Å². The van der Waals surface area contributed by atoms with Crippen molar-refractivity contribution in [3.8, 4) is 0 Å². The first kappa shape index (κ1) is 17.5. The molecule has 3 aliphatic rings. The summed E-state index contributed by atoms with van der Waals surface area (Å²) >= 11 is 0. The van der Waals surface area contributed by atoms with E-state index in [9.17, 15) is 19.1 Å². The SMILES string of the molecule is Cc1ccc(F)cc1CN1C[C@H]2CN(C(=O)C3CCC3)C[C@@]2(C(=O)O)C1. The Labute approximate surface area is 152 Å². The lowest BCUT2D eigenvalue weighted by molar-refractivity contribution is -0.149. The second-order valence-electron chi connectivity index (χ2n) is 8.25. The highest BCUT2D eigenvalue weighted by molar-refractivity contribution is 5.83. The van der Waals surface area contributed by atoms with Crippen LogP contribution < -0.4 is 0 Å². The number of hydrogen-bond donors (Lipinski definition) is 1. The molecule has 4 rings (SSSR count). The summed E-state index contributed by atoms with van der Waals surface area (Å²) < 4.78 is 13.6. The number of benzene rings is 1. The van der Waals surface area contributed by atoms with Crippen LogP contribution in [-0.4, -0.2) is 53.0 Å². The largest absolute Gasteiger partial charge is 0.481 e. The molecule has 0 aromatic heterocycles. The van der Waals surface area contributed by atoms with Crippen molar-refractivity contribution < 1.29 is 19.1 Å². The maximum absolute atomic E-state index is 13.6. The molecule has 2 saturated heterocycles. The highest BCUT2D eigenvalue weighted by Crippen LogP contribution is 2.44. The molecule has 26 heavy (non-hydrogen) atoms. The van der Waals surface area contributed by atoms with E-state index < -0.39 is 11.4 Å². The lowest BCUT2D eigenvalue weighted by Gasteiger charge is -2.31. The topological polar surface area (TPSA) is 60.9 Å². The van der Waals surface area contributed by atoms with Crippen LogP contribution in [0.5, 0.6) is 0 Å². The molecule has 0 bridgehead atoms. The second-order valence-corrected chi connectivity index (χ2v) is 8.25. The van der Waals surface area contributed by atoms with Gasteiger partial charge >= 0.3 is 5.97 Å². The number of halogens is 1. The molecule has 1 amide bonds. The Hall–Kier alpha value is -1.95. The lowest BCUT2D eigenvalue weighted by Crippen LogP contribution is -2.44. The molecule has 140 valence electrons. The third-order valence-electron chi connectivity index (χ3n) is 6.58. The molecule has 1 N–H and O–H groups in total. The van der Waals surface area contributed by atoms with E-state index in [0.717, 1.165) is 30.4 Å².